The van der Waals surface area contributed by atoms with Crippen molar-refractivity contribution in [2.24, 2.45) is 10.8 Å². The molecule has 0 bridgehead atoms. The molecular weight excluding hydrogens is 168 g/mol. The second kappa shape index (κ2) is 3.56. The Kier molecular flexibility index (Phi) is 2.94. The highest BCUT2D eigenvalue weighted by Gasteiger charge is 2.35. The molecule has 0 radical (unpaired) electrons. The minimum absolute atomic E-state index is 0.310. The quantitative estimate of drug-likeness (QED) is 0.563. The lowest BCUT2D eigenvalue weighted by Gasteiger charge is -2.42. The maximum Gasteiger partial charge on any atom is -0.00929 e. The summed E-state index contributed by atoms with van der Waals surface area (Å²) in [6.45, 7) is 14.0. The van der Waals surface area contributed by atoms with Crippen LogP contribution in [0, 0.1) is 10.8 Å². The van der Waals surface area contributed by atoms with Gasteiger partial charge >= 0.3 is 0 Å². The van der Waals surface area contributed by atoms with Gasteiger partial charge in [0, 0.05) is 0 Å². The summed E-state index contributed by atoms with van der Waals surface area (Å²) in [5.74, 6) is 0. The summed E-state index contributed by atoms with van der Waals surface area (Å²) in [4.78, 5) is 0. The molecule has 1 aliphatic carbocycles. The van der Waals surface area contributed by atoms with Gasteiger partial charge in [-0.2, -0.15) is 0 Å². The summed E-state index contributed by atoms with van der Waals surface area (Å²) in [6.07, 6.45) is 7.11. The van der Waals surface area contributed by atoms with Gasteiger partial charge in [-0.15, -0.1) is 0 Å². The van der Waals surface area contributed by atoms with Crippen molar-refractivity contribution in [3.05, 3.63) is 23.3 Å². The van der Waals surface area contributed by atoms with Crippen molar-refractivity contribution < 1.29 is 0 Å². The van der Waals surface area contributed by atoms with Crippen LogP contribution in [0.5, 0.6) is 0 Å². The third kappa shape index (κ3) is 2.10. The zero-order valence-electron chi connectivity index (χ0n) is 10.6. The molecule has 0 aromatic rings. The Labute approximate surface area is 89.1 Å². The minimum atomic E-state index is 0.310. The highest BCUT2D eigenvalue weighted by atomic mass is 14.4. The van der Waals surface area contributed by atoms with E-state index in [4.69, 9.17) is 0 Å². The van der Waals surface area contributed by atoms with Gasteiger partial charge in [0.25, 0.3) is 0 Å². The van der Waals surface area contributed by atoms with Gasteiger partial charge in [-0.3, -0.25) is 0 Å². The molecule has 0 saturated carbocycles. The molecule has 0 aliphatic heterocycles. The lowest BCUT2D eigenvalue weighted by molar-refractivity contribution is 0.172. The highest BCUT2D eigenvalue weighted by molar-refractivity contribution is 5.28. The maximum atomic E-state index is 2.37. The van der Waals surface area contributed by atoms with Crippen LogP contribution in [-0.2, 0) is 0 Å². The zero-order chi connectivity index (χ0) is 11.0. The molecule has 14 heavy (non-hydrogen) atoms. The van der Waals surface area contributed by atoms with Gasteiger partial charge in [0.15, 0.2) is 0 Å². The number of hydrogen-bond acceptors (Lipinski definition) is 0. The van der Waals surface area contributed by atoms with E-state index < -0.39 is 0 Å². The first-order valence-electron chi connectivity index (χ1n) is 5.62. The molecule has 0 N–H and O–H groups in total. The van der Waals surface area contributed by atoms with Crippen molar-refractivity contribution in [2.45, 2.75) is 54.4 Å². The molecule has 0 atom stereocenters. The van der Waals surface area contributed by atoms with E-state index in [1.54, 1.807) is 5.57 Å². The van der Waals surface area contributed by atoms with Gasteiger partial charge in [-0.25, -0.2) is 0 Å². The monoisotopic (exact) mass is 192 g/mol. The van der Waals surface area contributed by atoms with Crippen LogP contribution < -0.4 is 0 Å². The van der Waals surface area contributed by atoms with E-state index in [1.165, 1.54) is 18.4 Å². The Balaban J connectivity index is 2.95. The minimum Gasteiger partial charge on any atom is -0.0730 e. The van der Waals surface area contributed by atoms with E-state index in [1.807, 2.05) is 0 Å². The normalized spacial score (nSPS) is 19.0. The van der Waals surface area contributed by atoms with Crippen molar-refractivity contribution in [1.82, 2.24) is 0 Å². The largest absolute Gasteiger partial charge is 0.0730 e. The molecule has 0 heterocycles. The smallest absolute Gasteiger partial charge is 0.00929 e. The van der Waals surface area contributed by atoms with Crippen LogP contribution in [0.25, 0.3) is 0 Å². The molecule has 0 heteroatoms. The van der Waals surface area contributed by atoms with Crippen LogP contribution in [0.15, 0.2) is 23.3 Å². The van der Waals surface area contributed by atoms with E-state index in [0.29, 0.717) is 10.8 Å². The predicted octanol–water partition coefficient (Wildman–Crippen LogP) is 4.73. The fraction of sp³-hybridized carbons (Fsp3) is 0.714. The molecule has 1 aliphatic rings. The Bertz CT molecular complexity index is 269. The lowest BCUT2D eigenvalue weighted by Crippen LogP contribution is -2.32. The summed E-state index contributed by atoms with van der Waals surface area (Å²) < 4.78 is 0. The summed E-state index contributed by atoms with van der Waals surface area (Å²) >= 11 is 0. The Hall–Kier alpha value is -0.520. The van der Waals surface area contributed by atoms with Crippen molar-refractivity contribution >= 4 is 0 Å². The van der Waals surface area contributed by atoms with Crippen LogP contribution >= 0.6 is 0 Å². The van der Waals surface area contributed by atoms with Gasteiger partial charge in [-0.1, -0.05) is 57.9 Å². The van der Waals surface area contributed by atoms with Crippen LogP contribution in [0.3, 0.4) is 0 Å². The molecule has 80 valence electrons. The third-order valence-electron chi connectivity index (χ3n) is 4.04. The highest BCUT2D eigenvalue weighted by Crippen LogP contribution is 2.46. The second-order valence-corrected chi connectivity index (χ2v) is 6.08. The van der Waals surface area contributed by atoms with Gasteiger partial charge in [0.1, 0.15) is 0 Å². The standard InChI is InChI=1S/C14H24/c1-11-7-9-12(10-8-11)14(5,6)13(2,3)4/h7,9H,8,10H2,1-6H3. The van der Waals surface area contributed by atoms with Crippen molar-refractivity contribution in [3.63, 3.8) is 0 Å². The first-order valence-corrected chi connectivity index (χ1v) is 5.62. The number of allylic oxidation sites excluding steroid dienone is 4. The predicted molar refractivity (Wildman–Crippen MR) is 64.3 cm³/mol. The molecule has 0 spiro atoms. The fourth-order valence-electron chi connectivity index (χ4n) is 1.74. The molecule has 0 aromatic heterocycles. The van der Waals surface area contributed by atoms with E-state index in [0.717, 1.165) is 0 Å². The summed E-state index contributed by atoms with van der Waals surface area (Å²) in [5, 5.41) is 0. The summed E-state index contributed by atoms with van der Waals surface area (Å²) in [6, 6.07) is 0. The lowest BCUT2D eigenvalue weighted by atomic mass is 9.63. The molecular formula is C14H24. The average Bonchev–Trinajstić information content (AvgIpc) is 2.03. The van der Waals surface area contributed by atoms with Crippen molar-refractivity contribution in [1.29, 1.82) is 0 Å². The Morgan fingerprint density at radius 3 is 1.86 bits per heavy atom. The molecule has 0 unspecified atom stereocenters. The average molecular weight is 192 g/mol. The number of hydrogen-bond donors (Lipinski definition) is 0. The molecule has 1 rings (SSSR count). The molecule has 0 saturated heterocycles. The third-order valence-corrected chi connectivity index (χ3v) is 4.04. The second-order valence-electron chi connectivity index (χ2n) is 6.08. The van der Waals surface area contributed by atoms with Crippen LogP contribution in [0.2, 0.25) is 0 Å². The van der Waals surface area contributed by atoms with Crippen LogP contribution in [-0.4, -0.2) is 0 Å². The van der Waals surface area contributed by atoms with Gasteiger partial charge in [-0.05, 0) is 30.6 Å². The topological polar surface area (TPSA) is 0 Å². The van der Waals surface area contributed by atoms with Gasteiger partial charge in [0.2, 0.25) is 0 Å². The van der Waals surface area contributed by atoms with E-state index >= 15 is 0 Å². The van der Waals surface area contributed by atoms with E-state index in [-0.39, 0.29) is 0 Å². The molecule has 0 nitrogen and oxygen atoms in total. The van der Waals surface area contributed by atoms with Gasteiger partial charge < -0.3 is 0 Å². The Morgan fingerprint density at radius 1 is 0.929 bits per heavy atom. The fourth-order valence-corrected chi connectivity index (χ4v) is 1.74. The maximum absolute atomic E-state index is 2.37. The SMILES string of the molecule is CC1=CC=C(C(C)(C)C(C)(C)C)CC1. The zero-order valence-corrected chi connectivity index (χ0v) is 10.6. The van der Waals surface area contributed by atoms with Crippen molar-refractivity contribution in [2.75, 3.05) is 0 Å². The molecule has 0 fully saturated rings. The van der Waals surface area contributed by atoms with Crippen LogP contribution in [0.4, 0.5) is 0 Å². The van der Waals surface area contributed by atoms with Crippen molar-refractivity contribution in [3.8, 4) is 0 Å². The van der Waals surface area contributed by atoms with E-state index in [2.05, 4.69) is 53.7 Å². The first kappa shape index (κ1) is 11.6. The van der Waals surface area contributed by atoms with E-state index in [9.17, 15) is 0 Å². The summed E-state index contributed by atoms with van der Waals surface area (Å²) in [7, 11) is 0. The first-order chi connectivity index (χ1) is 6.25. The van der Waals surface area contributed by atoms with Crippen LogP contribution in [0.1, 0.15) is 54.4 Å². The van der Waals surface area contributed by atoms with Gasteiger partial charge in [0.05, 0.1) is 0 Å². The summed E-state index contributed by atoms with van der Waals surface area (Å²) in [5.41, 5.74) is 3.77. The molecule has 0 aromatic carbocycles. The molecule has 0 amide bonds. The number of rotatable bonds is 1. The Morgan fingerprint density at radius 2 is 1.50 bits per heavy atom.